The number of carbonyl (C=O) groups excluding carboxylic acids is 1. The van der Waals surface area contributed by atoms with Gasteiger partial charge in [0.25, 0.3) is 0 Å². The van der Waals surface area contributed by atoms with Gasteiger partial charge in [0.1, 0.15) is 11.4 Å². The highest BCUT2D eigenvalue weighted by atomic mass is 16.7. The summed E-state index contributed by atoms with van der Waals surface area (Å²) in [6.45, 7) is 5.27. The van der Waals surface area contributed by atoms with Crippen molar-refractivity contribution in [2.45, 2.75) is 26.4 Å². The molecule has 2 aromatic carbocycles. The van der Waals surface area contributed by atoms with Crippen molar-refractivity contribution >= 4 is 17.2 Å². The van der Waals surface area contributed by atoms with E-state index in [1.807, 2.05) is 24.3 Å². The summed E-state index contributed by atoms with van der Waals surface area (Å²) >= 11 is 0. The molecular formula is C20H22N2O5. The number of aromatic nitrogens is 2. The molecule has 0 atom stereocenters. The SMILES string of the molecule is COc1cc(-c2nc3ccccc3[nH]2)cc(OC)c1OC(=O)OC(C)(C)C. The van der Waals surface area contributed by atoms with Gasteiger partial charge in [-0.05, 0) is 45.0 Å². The average Bonchev–Trinajstić information content (AvgIpc) is 3.04. The van der Waals surface area contributed by atoms with Crippen LogP contribution in [-0.4, -0.2) is 35.9 Å². The van der Waals surface area contributed by atoms with Gasteiger partial charge in [-0.25, -0.2) is 9.78 Å². The highest BCUT2D eigenvalue weighted by Crippen LogP contribution is 2.41. The number of rotatable bonds is 4. The number of benzene rings is 2. The Balaban J connectivity index is 2.00. The number of imidazole rings is 1. The summed E-state index contributed by atoms with van der Waals surface area (Å²) in [5.41, 5.74) is 1.82. The van der Waals surface area contributed by atoms with E-state index in [1.54, 1.807) is 32.9 Å². The number of hydrogen-bond donors (Lipinski definition) is 1. The van der Waals surface area contributed by atoms with E-state index in [2.05, 4.69) is 9.97 Å². The van der Waals surface area contributed by atoms with E-state index < -0.39 is 11.8 Å². The number of para-hydroxylation sites is 2. The van der Waals surface area contributed by atoms with Crippen LogP contribution >= 0.6 is 0 Å². The molecule has 3 rings (SSSR count). The second-order valence-corrected chi connectivity index (χ2v) is 6.88. The predicted octanol–water partition coefficient (Wildman–Crippen LogP) is 4.56. The molecule has 0 unspecified atom stereocenters. The molecule has 27 heavy (non-hydrogen) atoms. The van der Waals surface area contributed by atoms with Crippen LogP contribution in [0.2, 0.25) is 0 Å². The molecule has 142 valence electrons. The molecule has 0 bridgehead atoms. The molecule has 0 saturated heterocycles. The van der Waals surface area contributed by atoms with E-state index in [0.717, 1.165) is 16.6 Å². The summed E-state index contributed by atoms with van der Waals surface area (Å²) in [5, 5.41) is 0. The zero-order valence-corrected chi connectivity index (χ0v) is 16.0. The number of nitrogens with zero attached hydrogens (tertiary/aromatic N) is 1. The summed E-state index contributed by atoms with van der Waals surface area (Å²) < 4.78 is 21.3. The van der Waals surface area contributed by atoms with Crippen molar-refractivity contribution in [3.05, 3.63) is 36.4 Å². The van der Waals surface area contributed by atoms with Gasteiger partial charge < -0.3 is 23.9 Å². The Hall–Kier alpha value is -3.22. The molecule has 7 nitrogen and oxygen atoms in total. The van der Waals surface area contributed by atoms with Crippen molar-refractivity contribution in [2.75, 3.05) is 14.2 Å². The highest BCUT2D eigenvalue weighted by Gasteiger charge is 2.23. The van der Waals surface area contributed by atoms with E-state index in [1.165, 1.54) is 14.2 Å². The molecule has 0 spiro atoms. The third-order valence-electron chi connectivity index (χ3n) is 3.70. The van der Waals surface area contributed by atoms with E-state index in [4.69, 9.17) is 18.9 Å². The average molecular weight is 370 g/mol. The maximum Gasteiger partial charge on any atom is 0.514 e. The van der Waals surface area contributed by atoms with Crippen molar-refractivity contribution in [3.8, 4) is 28.6 Å². The number of nitrogens with one attached hydrogen (secondary N) is 1. The summed E-state index contributed by atoms with van der Waals surface area (Å²) in [6.07, 6.45) is -0.837. The van der Waals surface area contributed by atoms with Gasteiger partial charge in [0.2, 0.25) is 5.75 Å². The third kappa shape index (κ3) is 4.13. The molecule has 0 saturated carbocycles. The molecular weight excluding hydrogens is 348 g/mol. The molecule has 0 amide bonds. The van der Waals surface area contributed by atoms with Crippen LogP contribution in [0.4, 0.5) is 4.79 Å². The van der Waals surface area contributed by atoms with Gasteiger partial charge in [0.05, 0.1) is 25.3 Å². The first kappa shape index (κ1) is 18.6. The van der Waals surface area contributed by atoms with Gasteiger partial charge >= 0.3 is 6.16 Å². The normalized spacial score (nSPS) is 11.3. The zero-order valence-electron chi connectivity index (χ0n) is 16.0. The fourth-order valence-electron chi connectivity index (χ4n) is 2.56. The number of ether oxygens (including phenoxy) is 4. The summed E-state index contributed by atoms with van der Waals surface area (Å²) in [5.74, 6) is 1.46. The van der Waals surface area contributed by atoms with Crippen LogP contribution < -0.4 is 14.2 Å². The van der Waals surface area contributed by atoms with Crippen molar-refractivity contribution in [1.29, 1.82) is 0 Å². The number of aromatic amines is 1. The van der Waals surface area contributed by atoms with Crippen LogP contribution in [0.5, 0.6) is 17.2 Å². The van der Waals surface area contributed by atoms with Crippen LogP contribution in [-0.2, 0) is 4.74 Å². The van der Waals surface area contributed by atoms with E-state index in [-0.39, 0.29) is 5.75 Å². The number of hydrogen-bond acceptors (Lipinski definition) is 6. The lowest BCUT2D eigenvalue weighted by Crippen LogP contribution is -2.26. The second-order valence-electron chi connectivity index (χ2n) is 6.88. The monoisotopic (exact) mass is 370 g/mol. The van der Waals surface area contributed by atoms with Gasteiger partial charge in [-0.15, -0.1) is 0 Å². The molecule has 1 aromatic heterocycles. The van der Waals surface area contributed by atoms with E-state index in [0.29, 0.717) is 17.3 Å². The quantitative estimate of drug-likeness (QED) is 0.535. The van der Waals surface area contributed by atoms with Crippen molar-refractivity contribution in [2.24, 2.45) is 0 Å². The summed E-state index contributed by atoms with van der Waals surface area (Å²) in [7, 11) is 2.97. The van der Waals surface area contributed by atoms with Crippen molar-refractivity contribution in [3.63, 3.8) is 0 Å². The number of fused-ring (bicyclic) bond motifs is 1. The molecule has 0 fully saturated rings. The minimum atomic E-state index is -0.837. The lowest BCUT2D eigenvalue weighted by molar-refractivity contribution is 0.0195. The van der Waals surface area contributed by atoms with Gasteiger partial charge in [-0.1, -0.05) is 12.1 Å². The lowest BCUT2D eigenvalue weighted by atomic mass is 10.1. The lowest BCUT2D eigenvalue weighted by Gasteiger charge is -2.20. The third-order valence-corrected chi connectivity index (χ3v) is 3.70. The maximum atomic E-state index is 12.1. The Labute approximate surface area is 157 Å². The van der Waals surface area contributed by atoms with E-state index >= 15 is 0 Å². The van der Waals surface area contributed by atoms with Crippen molar-refractivity contribution < 1.29 is 23.7 Å². The molecule has 7 heteroatoms. The second kappa shape index (κ2) is 7.19. The Morgan fingerprint density at radius 3 is 2.22 bits per heavy atom. The number of H-pyrrole nitrogens is 1. The largest absolute Gasteiger partial charge is 0.514 e. The molecule has 1 N–H and O–H groups in total. The molecule has 1 heterocycles. The standard InChI is InChI=1S/C20H22N2O5/c1-20(2,3)27-19(23)26-17-15(24-4)10-12(11-16(17)25-5)18-21-13-8-6-7-9-14(13)22-18/h6-11H,1-5H3,(H,21,22). The fourth-order valence-corrected chi connectivity index (χ4v) is 2.56. The van der Waals surface area contributed by atoms with Crippen LogP contribution in [0, 0.1) is 0 Å². The molecule has 0 aliphatic carbocycles. The Morgan fingerprint density at radius 1 is 1.04 bits per heavy atom. The smallest absolute Gasteiger partial charge is 0.493 e. The first-order chi connectivity index (χ1) is 12.8. The summed E-state index contributed by atoms with van der Waals surface area (Å²) in [4.78, 5) is 19.9. The van der Waals surface area contributed by atoms with Gasteiger partial charge in [0.15, 0.2) is 11.5 Å². The number of methoxy groups -OCH3 is 2. The minimum Gasteiger partial charge on any atom is -0.493 e. The Kier molecular flexibility index (Phi) is 4.94. The van der Waals surface area contributed by atoms with Crippen LogP contribution in [0.1, 0.15) is 20.8 Å². The molecule has 3 aromatic rings. The Bertz CT molecular complexity index is 914. The maximum absolute atomic E-state index is 12.1. The van der Waals surface area contributed by atoms with Crippen molar-refractivity contribution in [1.82, 2.24) is 9.97 Å². The zero-order chi connectivity index (χ0) is 19.6. The first-order valence-corrected chi connectivity index (χ1v) is 8.42. The molecule has 0 aliphatic rings. The first-order valence-electron chi connectivity index (χ1n) is 8.42. The van der Waals surface area contributed by atoms with Gasteiger partial charge in [-0.2, -0.15) is 0 Å². The van der Waals surface area contributed by atoms with Gasteiger partial charge in [-0.3, -0.25) is 0 Å². The van der Waals surface area contributed by atoms with Crippen LogP contribution in [0.3, 0.4) is 0 Å². The molecule has 0 radical (unpaired) electrons. The topological polar surface area (TPSA) is 82.7 Å². The van der Waals surface area contributed by atoms with Gasteiger partial charge in [0, 0.05) is 5.56 Å². The minimum absolute atomic E-state index is 0.147. The number of carbonyl (C=O) groups is 1. The van der Waals surface area contributed by atoms with Crippen LogP contribution in [0.25, 0.3) is 22.4 Å². The Morgan fingerprint density at radius 2 is 1.67 bits per heavy atom. The van der Waals surface area contributed by atoms with E-state index in [9.17, 15) is 4.79 Å². The predicted molar refractivity (Wildman–Crippen MR) is 101 cm³/mol. The van der Waals surface area contributed by atoms with Crippen LogP contribution in [0.15, 0.2) is 36.4 Å². The fraction of sp³-hybridized carbons (Fsp3) is 0.300. The summed E-state index contributed by atoms with van der Waals surface area (Å²) in [6, 6.07) is 11.2. The highest BCUT2D eigenvalue weighted by molar-refractivity contribution is 5.80. The molecule has 0 aliphatic heterocycles.